The van der Waals surface area contributed by atoms with Gasteiger partial charge in [0.05, 0.1) is 25.2 Å². The minimum absolute atomic E-state index is 0.157. The molecule has 2 aromatic heterocycles. The summed E-state index contributed by atoms with van der Waals surface area (Å²) >= 11 is 0. The van der Waals surface area contributed by atoms with Crippen LogP contribution in [0.3, 0.4) is 0 Å². The fraction of sp³-hybridized carbons (Fsp3) is 0.467. The zero-order valence-corrected chi connectivity index (χ0v) is 11.5. The van der Waals surface area contributed by atoms with E-state index in [9.17, 15) is 4.79 Å². The standard InChI is InChI=1S/C15H18N2O3/c1-19-14(18)10-11-4-2-3-8-17(11)15-12-6-9-20-13(12)5-7-16-15/h5-7,9,11H,2-4,8,10H2,1H3. The monoisotopic (exact) mass is 274 g/mol. The summed E-state index contributed by atoms with van der Waals surface area (Å²) in [5.41, 5.74) is 0.831. The number of carbonyl (C=O) groups is 1. The molecule has 0 aromatic carbocycles. The van der Waals surface area contributed by atoms with Gasteiger partial charge in [0.2, 0.25) is 0 Å². The van der Waals surface area contributed by atoms with Gasteiger partial charge >= 0.3 is 5.97 Å². The van der Waals surface area contributed by atoms with Gasteiger partial charge in [-0.05, 0) is 31.4 Å². The maximum Gasteiger partial charge on any atom is 0.307 e. The number of methoxy groups -OCH3 is 1. The molecule has 0 bridgehead atoms. The lowest BCUT2D eigenvalue weighted by molar-refractivity contribution is -0.141. The van der Waals surface area contributed by atoms with E-state index in [1.54, 1.807) is 12.5 Å². The Kier molecular flexibility index (Phi) is 3.58. The zero-order valence-electron chi connectivity index (χ0n) is 11.5. The number of furan rings is 1. The number of piperidine rings is 1. The van der Waals surface area contributed by atoms with Gasteiger partial charge < -0.3 is 14.1 Å². The molecule has 0 aliphatic carbocycles. The summed E-state index contributed by atoms with van der Waals surface area (Å²) in [7, 11) is 1.44. The van der Waals surface area contributed by atoms with E-state index in [2.05, 4.69) is 9.88 Å². The highest BCUT2D eigenvalue weighted by atomic mass is 16.5. The SMILES string of the molecule is COC(=O)CC1CCCCN1c1nccc2occc12. The number of nitrogens with zero attached hydrogens (tertiary/aromatic N) is 2. The van der Waals surface area contributed by atoms with Crippen LogP contribution in [0.15, 0.2) is 29.0 Å². The molecule has 5 heteroatoms. The molecule has 2 aromatic rings. The van der Waals surface area contributed by atoms with Gasteiger partial charge in [-0.3, -0.25) is 4.79 Å². The Labute approximate surface area is 117 Å². The van der Waals surface area contributed by atoms with Crippen molar-refractivity contribution >= 4 is 22.8 Å². The maximum atomic E-state index is 11.6. The number of aromatic nitrogens is 1. The summed E-state index contributed by atoms with van der Waals surface area (Å²) in [5.74, 6) is 0.742. The van der Waals surface area contributed by atoms with Crippen LogP contribution in [0.1, 0.15) is 25.7 Å². The van der Waals surface area contributed by atoms with Crippen molar-refractivity contribution in [2.45, 2.75) is 31.7 Å². The number of rotatable bonds is 3. The molecule has 1 fully saturated rings. The van der Waals surface area contributed by atoms with Gasteiger partial charge in [0.15, 0.2) is 0 Å². The summed E-state index contributed by atoms with van der Waals surface area (Å²) in [5, 5.41) is 1.00. The van der Waals surface area contributed by atoms with E-state index in [4.69, 9.17) is 9.15 Å². The number of ether oxygens (including phenoxy) is 1. The van der Waals surface area contributed by atoms with Crippen LogP contribution in [0, 0.1) is 0 Å². The highest BCUT2D eigenvalue weighted by Gasteiger charge is 2.27. The third-order valence-corrected chi connectivity index (χ3v) is 3.89. The second-order valence-corrected chi connectivity index (χ2v) is 5.09. The number of hydrogen-bond acceptors (Lipinski definition) is 5. The van der Waals surface area contributed by atoms with Crippen molar-refractivity contribution in [3.05, 3.63) is 24.6 Å². The van der Waals surface area contributed by atoms with E-state index in [-0.39, 0.29) is 12.0 Å². The van der Waals surface area contributed by atoms with E-state index >= 15 is 0 Å². The van der Waals surface area contributed by atoms with Gasteiger partial charge in [-0.15, -0.1) is 0 Å². The van der Waals surface area contributed by atoms with Crippen LogP contribution in [0.25, 0.3) is 11.0 Å². The van der Waals surface area contributed by atoms with Crippen LogP contribution < -0.4 is 4.90 Å². The van der Waals surface area contributed by atoms with Gasteiger partial charge in [0.1, 0.15) is 11.4 Å². The van der Waals surface area contributed by atoms with Gasteiger partial charge in [-0.1, -0.05) is 0 Å². The summed E-state index contributed by atoms with van der Waals surface area (Å²) in [6, 6.07) is 3.95. The fourth-order valence-electron chi connectivity index (χ4n) is 2.88. The molecule has 1 aliphatic heterocycles. The van der Waals surface area contributed by atoms with E-state index in [1.165, 1.54) is 7.11 Å². The van der Waals surface area contributed by atoms with Crippen LogP contribution in [-0.2, 0) is 9.53 Å². The quantitative estimate of drug-likeness (QED) is 0.805. The number of hydrogen-bond donors (Lipinski definition) is 0. The Morgan fingerprint density at radius 3 is 3.25 bits per heavy atom. The first-order valence-corrected chi connectivity index (χ1v) is 6.95. The lowest BCUT2D eigenvalue weighted by Gasteiger charge is -2.36. The minimum Gasteiger partial charge on any atom is -0.469 e. The van der Waals surface area contributed by atoms with Crippen molar-refractivity contribution in [3.63, 3.8) is 0 Å². The summed E-state index contributed by atoms with van der Waals surface area (Å²) in [6.45, 7) is 0.916. The normalized spacial score (nSPS) is 19.2. The number of pyridine rings is 1. The van der Waals surface area contributed by atoms with Crippen LogP contribution in [0.2, 0.25) is 0 Å². The van der Waals surface area contributed by atoms with Gasteiger partial charge in [-0.2, -0.15) is 0 Å². The highest BCUT2D eigenvalue weighted by molar-refractivity contribution is 5.88. The number of anilines is 1. The molecule has 3 heterocycles. The summed E-state index contributed by atoms with van der Waals surface area (Å²) < 4.78 is 10.2. The molecule has 0 radical (unpaired) electrons. The fourth-order valence-corrected chi connectivity index (χ4v) is 2.88. The Morgan fingerprint density at radius 2 is 2.40 bits per heavy atom. The van der Waals surface area contributed by atoms with Crippen molar-refractivity contribution in [3.8, 4) is 0 Å². The number of fused-ring (bicyclic) bond motifs is 1. The lowest BCUT2D eigenvalue weighted by Crippen LogP contribution is -2.41. The molecular weight excluding hydrogens is 256 g/mol. The van der Waals surface area contributed by atoms with E-state index in [0.29, 0.717) is 6.42 Å². The van der Waals surface area contributed by atoms with Crippen molar-refractivity contribution in [1.82, 2.24) is 4.98 Å². The predicted molar refractivity (Wildman–Crippen MR) is 75.6 cm³/mol. The Balaban J connectivity index is 1.93. The molecule has 106 valence electrons. The molecule has 1 saturated heterocycles. The maximum absolute atomic E-state index is 11.6. The van der Waals surface area contributed by atoms with Crippen molar-refractivity contribution in [1.29, 1.82) is 0 Å². The third kappa shape index (κ3) is 2.35. The lowest BCUT2D eigenvalue weighted by atomic mass is 9.99. The average Bonchev–Trinajstić information content (AvgIpc) is 2.96. The first-order valence-electron chi connectivity index (χ1n) is 6.95. The van der Waals surface area contributed by atoms with Crippen molar-refractivity contribution < 1.29 is 13.9 Å². The van der Waals surface area contributed by atoms with Crippen LogP contribution in [0.5, 0.6) is 0 Å². The summed E-state index contributed by atoms with van der Waals surface area (Å²) in [4.78, 5) is 18.3. The molecule has 1 atom stereocenters. The molecule has 20 heavy (non-hydrogen) atoms. The first kappa shape index (κ1) is 13.0. The molecular formula is C15H18N2O3. The van der Waals surface area contributed by atoms with E-state index in [1.807, 2.05) is 12.1 Å². The molecule has 5 nitrogen and oxygen atoms in total. The average molecular weight is 274 g/mol. The van der Waals surface area contributed by atoms with Crippen molar-refractivity contribution in [2.24, 2.45) is 0 Å². The number of carbonyl (C=O) groups excluding carboxylic acids is 1. The predicted octanol–water partition coefficient (Wildman–Crippen LogP) is 2.75. The second-order valence-electron chi connectivity index (χ2n) is 5.09. The molecule has 0 saturated carbocycles. The summed E-state index contributed by atoms with van der Waals surface area (Å²) in [6.07, 6.45) is 7.09. The molecule has 0 N–H and O–H groups in total. The number of esters is 1. The van der Waals surface area contributed by atoms with Gasteiger partial charge in [-0.25, -0.2) is 4.98 Å². The second kappa shape index (κ2) is 5.53. The van der Waals surface area contributed by atoms with Crippen LogP contribution in [-0.4, -0.2) is 30.6 Å². The van der Waals surface area contributed by atoms with Crippen LogP contribution in [0.4, 0.5) is 5.82 Å². The molecule has 0 amide bonds. The largest absolute Gasteiger partial charge is 0.469 e. The topological polar surface area (TPSA) is 55.6 Å². The molecule has 3 rings (SSSR count). The Morgan fingerprint density at radius 1 is 1.50 bits per heavy atom. The highest BCUT2D eigenvalue weighted by Crippen LogP contribution is 2.31. The van der Waals surface area contributed by atoms with Gasteiger partial charge in [0, 0.05) is 18.8 Å². The zero-order chi connectivity index (χ0) is 13.9. The Bertz CT molecular complexity index is 608. The Hall–Kier alpha value is -2.04. The molecule has 0 spiro atoms. The van der Waals surface area contributed by atoms with Gasteiger partial charge in [0.25, 0.3) is 0 Å². The molecule has 1 aliphatic rings. The van der Waals surface area contributed by atoms with Crippen molar-refractivity contribution in [2.75, 3.05) is 18.6 Å². The third-order valence-electron chi connectivity index (χ3n) is 3.89. The van der Waals surface area contributed by atoms with E-state index in [0.717, 1.165) is 42.6 Å². The first-order chi connectivity index (χ1) is 9.79. The van der Waals surface area contributed by atoms with Crippen LogP contribution >= 0.6 is 0 Å². The smallest absolute Gasteiger partial charge is 0.307 e. The van der Waals surface area contributed by atoms with E-state index < -0.39 is 0 Å². The minimum atomic E-state index is -0.165. The molecule has 1 unspecified atom stereocenters.